The molecule has 6 heteroatoms. The number of carbonyl (C=O) groups is 2. The third-order valence-electron chi connectivity index (χ3n) is 3.71. The minimum atomic E-state index is -1.31. The first-order chi connectivity index (χ1) is 11.6. The fourth-order valence-corrected chi connectivity index (χ4v) is 2.08. The topological polar surface area (TPSA) is 91.6 Å². The monoisotopic (exact) mass is 344 g/mol. The Labute approximate surface area is 147 Å². The van der Waals surface area contributed by atoms with E-state index in [2.05, 4.69) is 10.6 Å². The van der Waals surface area contributed by atoms with E-state index in [1.807, 2.05) is 20.8 Å². The van der Waals surface area contributed by atoms with E-state index >= 15 is 0 Å². The molecule has 2 amide bonds. The van der Waals surface area contributed by atoms with Crippen molar-refractivity contribution in [2.45, 2.75) is 33.3 Å². The Balaban J connectivity index is 2.03. The van der Waals surface area contributed by atoms with Gasteiger partial charge in [-0.25, -0.2) is 0 Å². The molecule has 2 rings (SSSR count). The lowest BCUT2D eigenvalue weighted by molar-refractivity contribution is -0.123. The number of anilines is 1. The van der Waals surface area contributed by atoms with Gasteiger partial charge in [-0.15, -0.1) is 0 Å². The molecule has 6 nitrogen and oxygen atoms in total. The maximum absolute atomic E-state index is 12.3. The number of carbonyl (C=O) groups excluding carboxylic acids is 2. The predicted molar refractivity (Wildman–Crippen MR) is 95.1 cm³/mol. The highest BCUT2D eigenvalue weighted by Crippen LogP contribution is 2.21. The van der Waals surface area contributed by atoms with Crippen molar-refractivity contribution >= 4 is 17.5 Å². The zero-order valence-electron chi connectivity index (χ0n) is 14.9. The number of amides is 2. The lowest BCUT2D eigenvalue weighted by Crippen LogP contribution is -2.38. The second-order valence-electron chi connectivity index (χ2n) is 7.22. The summed E-state index contributed by atoms with van der Waals surface area (Å²) >= 11 is 0. The molecular formula is C19H24N2O4. The molecule has 0 fully saturated rings. The van der Waals surface area contributed by atoms with Crippen LogP contribution < -0.4 is 10.6 Å². The Bertz CT molecular complexity index is 743. The van der Waals surface area contributed by atoms with Crippen LogP contribution >= 0.6 is 0 Å². The van der Waals surface area contributed by atoms with E-state index in [9.17, 15) is 14.7 Å². The summed E-state index contributed by atoms with van der Waals surface area (Å²) in [5.41, 5.74) is -0.899. The lowest BCUT2D eigenvalue weighted by Gasteiger charge is -2.21. The van der Waals surface area contributed by atoms with Crippen LogP contribution in [0.25, 0.3) is 0 Å². The fraction of sp³-hybridized carbons (Fsp3) is 0.368. The van der Waals surface area contributed by atoms with Gasteiger partial charge in [0.05, 0.1) is 12.8 Å². The number of hydrogen-bond acceptors (Lipinski definition) is 4. The van der Waals surface area contributed by atoms with Gasteiger partial charge < -0.3 is 20.2 Å². The highest BCUT2D eigenvalue weighted by Gasteiger charge is 2.27. The highest BCUT2D eigenvalue weighted by atomic mass is 16.4. The number of rotatable bonds is 5. The normalized spacial score (nSPS) is 13.8. The molecule has 25 heavy (non-hydrogen) atoms. The summed E-state index contributed by atoms with van der Waals surface area (Å²) in [5.74, 6) is -0.108. The van der Waals surface area contributed by atoms with Crippen molar-refractivity contribution < 1.29 is 19.1 Å². The van der Waals surface area contributed by atoms with Gasteiger partial charge in [-0.05, 0) is 37.3 Å². The molecule has 0 aliphatic rings. The summed E-state index contributed by atoms with van der Waals surface area (Å²) in [6, 6.07) is 9.98. The highest BCUT2D eigenvalue weighted by molar-refractivity contribution is 5.98. The van der Waals surface area contributed by atoms with Crippen LogP contribution in [0, 0.1) is 5.41 Å². The molecule has 1 aromatic carbocycles. The quantitative estimate of drug-likeness (QED) is 0.778. The zero-order valence-corrected chi connectivity index (χ0v) is 14.9. The Morgan fingerprint density at radius 2 is 1.84 bits per heavy atom. The maximum atomic E-state index is 12.3. The molecule has 2 aromatic rings. The third-order valence-corrected chi connectivity index (χ3v) is 3.71. The summed E-state index contributed by atoms with van der Waals surface area (Å²) in [4.78, 5) is 24.4. The molecule has 134 valence electrons. The lowest BCUT2D eigenvalue weighted by atomic mass is 9.95. The van der Waals surface area contributed by atoms with E-state index < -0.39 is 11.0 Å². The fourth-order valence-electron chi connectivity index (χ4n) is 2.08. The average Bonchev–Trinajstić information content (AvgIpc) is 3.07. The Hall–Kier alpha value is -2.60. The van der Waals surface area contributed by atoms with E-state index in [1.165, 1.54) is 6.26 Å². The van der Waals surface area contributed by atoms with Gasteiger partial charge in [0.25, 0.3) is 5.91 Å². The zero-order chi connectivity index (χ0) is 18.7. The minimum Gasteiger partial charge on any atom is -0.466 e. The molecule has 3 N–H and O–H groups in total. The molecule has 1 atom stereocenters. The third kappa shape index (κ3) is 4.93. The van der Waals surface area contributed by atoms with E-state index in [1.54, 1.807) is 43.3 Å². The van der Waals surface area contributed by atoms with Crippen molar-refractivity contribution in [3.05, 3.63) is 54.0 Å². The second-order valence-corrected chi connectivity index (χ2v) is 7.22. The van der Waals surface area contributed by atoms with Crippen LogP contribution in [0.4, 0.5) is 5.69 Å². The van der Waals surface area contributed by atoms with Crippen LogP contribution in [0.2, 0.25) is 0 Å². The smallest absolute Gasteiger partial charge is 0.251 e. The van der Waals surface area contributed by atoms with Crippen molar-refractivity contribution in [1.82, 2.24) is 5.32 Å². The summed E-state index contributed by atoms with van der Waals surface area (Å²) in [5, 5.41) is 15.8. The van der Waals surface area contributed by atoms with Crippen molar-refractivity contribution in [3.8, 4) is 0 Å². The van der Waals surface area contributed by atoms with Crippen LogP contribution in [-0.4, -0.2) is 23.5 Å². The van der Waals surface area contributed by atoms with Crippen molar-refractivity contribution in [2.24, 2.45) is 5.41 Å². The van der Waals surface area contributed by atoms with Crippen LogP contribution in [0.3, 0.4) is 0 Å². The van der Waals surface area contributed by atoms with Gasteiger partial charge in [-0.1, -0.05) is 26.8 Å². The number of nitrogens with one attached hydrogen (secondary N) is 2. The van der Waals surface area contributed by atoms with Crippen molar-refractivity contribution in [3.63, 3.8) is 0 Å². The van der Waals surface area contributed by atoms with Crippen LogP contribution in [0.5, 0.6) is 0 Å². The Kier molecular flexibility index (Phi) is 5.33. The first kappa shape index (κ1) is 18.7. The maximum Gasteiger partial charge on any atom is 0.251 e. The Morgan fingerprint density at radius 1 is 1.12 bits per heavy atom. The molecular weight excluding hydrogens is 320 g/mol. The molecule has 1 aromatic heterocycles. The first-order valence-electron chi connectivity index (χ1n) is 8.06. The molecule has 0 saturated carbocycles. The van der Waals surface area contributed by atoms with Gasteiger partial charge in [0.15, 0.2) is 0 Å². The SMILES string of the molecule is CC(C)(C)C(=O)Nc1cccc(C(=O)NCC(C)(O)c2ccco2)c1. The van der Waals surface area contributed by atoms with Crippen molar-refractivity contribution in [2.75, 3.05) is 11.9 Å². The summed E-state index contributed by atoms with van der Waals surface area (Å²) < 4.78 is 5.18. The summed E-state index contributed by atoms with van der Waals surface area (Å²) in [6.07, 6.45) is 1.47. The van der Waals surface area contributed by atoms with Gasteiger partial charge in [-0.2, -0.15) is 0 Å². The summed E-state index contributed by atoms with van der Waals surface area (Å²) in [6.45, 7) is 7.00. The molecule has 0 bridgehead atoms. The molecule has 1 unspecified atom stereocenters. The number of furan rings is 1. The molecule has 0 saturated heterocycles. The predicted octanol–water partition coefficient (Wildman–Crippen LogP) is 2.90. The van der Waals surface area contributed by atoms with E-state index in [0.29, 0.717) is 17.0 Å². The van der Waals surface area contributed by atoms with E-state index in [0.717, 1.165) is 0 Å². The van der Waals surface area contributed by atoms with Gasteiger partial charge in [0.2, 0.25) is 5.91 Å². The minimum absolute atomic E-state index is 0.00206. The standard InChI is InChI=1S/C19H24N2O4/c1-18(2,3)17(23)21-14-8-5-7-13(11-14)16(22)20-12-19(4,24)15-9-6-10-25-15/h5-11,24H,12H2,1-4H3,(H,20,22)(H,21,23). The first-order valence-corrected chi connectivity index (χ1v) is 8.06. The van der Waals surface area contributed by atoms with Gasteiger partial charge in [-0.3, -0.25) is 9.59 Å². The number of aliphatic hydroxyl groups is 1. The van der Waals surface area contributed by atoms with Gasteiger partial charge in [0, 0.05) is 16.7 Å². The molecule has 0 aliphatic carbocycles. The van der Waals surface area contributed by atoms with Crippen LogP contribution in [-0.2, 0) is 10.4 Å². The Morgan fingerprint density at radius 3 is 2.44 bits per heavy atom. The number of hydrogen-bond donors (Lipinski definition) is 3. The second kappa shape index (κ2) is 7.11. The molecule has 0 spiro atoms. The van der Waals surface area contributed by atoms with Gasteiger partial charge >= 0.3 is 0 Å². The van der Waals surface area contributed by atoms with Gasteiger partial charge in [0.1, 0.15) is 11.4 Å². The van der Waals surface area contributed by atoms with Crippen molar-refractivity contribution in [1.29, 1.82) is 0 Å². The van der Waals surface area contributed by atoms with E-state index in [-0.39, 0.29) is 18.4 Å². The largest absolute Gasteiger partial charge is 0.466 e. The molecule has 0 aliphatic heterocycles. The average molecular weight is 344 g/mol. The van der Waals surface area contributed by atoms with Crippen LogP contribution in [0.1, 0.15) is 43.8 Å². The molecule has 0 radical (unpaired) electrons. The summed E-state index contributed by atoms with van der Waals surface area (Å²) in [7, 11) is 0. The van der Waals surface area contributed by atoms with E-state index in [4.69, 9.17) is 4.42 Å². The molecule has 1 heterocycles. The van der Waals surface area contributed by atoms with Crippen LogP contribution in [0.15, 0.2) is 47.1 Å². The number of benzene rings is 1.